The second-order valence-electron chi connectivity index (χ2n) is 7.13. The summed E-state index contributed by atoms with van der Waals surface area (Å²) >= 11 is 1.74. The summed E-state index contributed by atoms with van der Waals surface area (Å²) in [5, 5.41) is 5.25. The second kappa shape index (κ2) is 9.44. The molecule has 2 aromatic rings. The van der Waals surface area contributed by atoms with Gasteiger partial charge in [-0.3, -0.25) is 9.69 Å². The first kappa shape index (κ1) is 20.0. The number of halogens is 1. The third-order valence-corrected chi connectivity index (χ3v) is 6.29. The lowest BCUT2D eigenvalue weighted by Crippen LogP contribution is -2.48. The first-order valence-corrected chi connectivity index (χ1v) is 10.5. The Balaban J connectivity index is 1.67. The number of nitrogens with zero attached hydrogens (tertiary/aromatic N) is 2. The van der Waals surface area contributed by atoms with Gasteiger partial charge in [-0.05, 0) is 42.6 Å². The summed E-state index contributed by atoms with van der Waals surface area (Å²) in [6, 6.07) is 10.7. The molecule has 3 rings (SSSR count). The van der Waals surface area contributed by atoms with Crippen molar-refractivity contribution in [1.82, 2.24) is 15.1 Å². The standard InChI is InChI=1S/C21H28FN3OS/c1-3-18(16-6-8-17(22)9-7-16)21(26)23-15-19(20-5-4-14-27-20)25-12-10-24(2)11-13-25/h4-9,14,18-19H,3,10-13,15H2,1-2H3,(H,23,26). The molecule has 6 heteroatoms. The number of likely N-dealkylation sites (N-methyl/N-ethyl adjacent to an activating group) is 1. The normalized spacial score (nSPS) is 18.2. The quantitative estimate of drug-likeness (QED) is 0.787. The van der Waals surface area contributed by atoms with Gasteiger partial charge in [0.1, 0.15) is 5.82 Å². The number of carbonyl (C=O) groups is 1. The number of benzene rings is 1. The van der Waals surface area contributed by atoms with Crippen LogP contribution in [0.3, 0.4) is 0 Å². The second-order valence-corrected chi connectivity index (χ2v) is 8.11. The van der Waals surface area contributed by atoms with Crippen LogP contribution >= 0.6 is 11.3 Å². The van der Waals surface area contributed by atoms with Gasteiger partial charge < -0.3 is 10.2 Å². The lowest BCUT2D eigenvalue weighted by molar-refractivity contribution is -0.123. The largest absolute Gasteiger partial charge is 0.354 e. The summed E-state index contributed by atoms with van der Waals surface area (Å²) in [4.78, 5) is 18.9. The van der Waals surface area contributed by atoms with Crippen molar-refractivity contribution < 1.29 is 9.18 Å². The summed E-state index contributed by atoms with van der Waals surface area (Å²) in [7, 11) is 2.15. The van der Waals surface area contributed by atoms with Gasteiger partial charge in [0.2, 0.25) is 5.91 Å². The topological polar surface area (TPSA) is 35.6 Å². The molecule has 0 spiro atoms. The maximum atomic E-state index is 13.2. The molecule has 0 saturated carbocycles. The van der Waals surface area contributed by atoms with E-state index < -0.39 is 0 Å². The molecule has 1 amide bonds. The van der Waals surface area contributed by atoms with E-state index in [0.717, 1.165) is 31.7 Å². The Kier molecular flexibility index (Phi) is 6.99. The van der Waals surface area contributed by atoms with E-state index in [1.807, 2.05) is 6.92 Å². The van der Waals surface area contributed by atoms with E-state index in [-0.39, 0.29) is 23.7 Å². The molecule has 0 bridgehead atoms. The molecule has 1 fully saturated rings. The van der Waals surface area contributed by atoms with Gasteiger partial charge in [-0.25, -0.2) is 4.39 Å². The minimum absolute atomic E-state index is 0.0137. The average molecular weight is 390 g/mol. The molecule has 1 aromatic heterocycles. The molecule has 2 heterocycles. The Hall–Kier alpha value is -1.76. The Morgan fingerprint density at radius 1 is 1.19 bits per heavy atom. The zero-order valence-corrected chi connectivity index (χ0v) is 16.8. The number of hydrogen-bond donors (Lipinski definition) is 1. The van der Waals surface area contributed by atoms with Gasteiger partial charge in [0.15, 0.2) is 0 Å². The van der Waals surface area contributed by atoms with E-state index in [1.54, 1.807) is 23.5 Å². The smallest absolute Gasteiger partial charge is 0.227 e. The van der Waals surface area contributed by atoms with Crippen molar-refractivity contribution in [1.29, 1.82) is 0 Å². The van der Waals surface area contributed by atoms with Crippen LogP contribution in [0.25, 0.3) is 0 Å². The SMILES string of the molecule is CCC(C(=O)NCC(c1cccs1)N1CCN(C)CC1)c1ccc(F)cc1. The minimum atomic E-state index is -0.276. The third kappa shape index (κ3) is 5.15. The number of thiophene rings is 1. The van der Waals surface area contributed by atoms with Gasteiger partial charge in [0, 0.05) is 37.6 Å². The summed E-state index contributed by atoms with van der Waals surface area (Å²) in [6.07, 6.45) is 0.690. The van der Waals surface area contributed by atoms with Crippen molar-refractivity contribution in [3.8, 4) is 0 Å². The summed E-state index contributed by atoms with van der Waals surface area (Å²) in [5.41, 5.74) is 0.865. The van der Waals surface area contributed by atoms with E-state index >= 15 is 0 Å². The van der Waals surface area contributed by atoms with Gasteiger partial charge in [-0.15, -0.1) is 11.3 Å². The molecule has 1 N–H and O–H groups in total. The molecule has 27 heavy (non-hydrogen) atoms. The van der Waals surface area contributed by atoms with Crippen LogP contribution in [0.5, 0.6) is 0 Å². The minimum Gasteiger partial charge on any atom is -0.354 e. The van der Waals surface area contributed by atoms with Crippen LogP contribution < -0.4 is 5.32 Å². The molecule has 1 aliphatic heterocycles. The number of nitrogens with one attached hydrogen (secondary N) is 1. The monoisotopic (exact) mass is 389 g/mol. The van der Waals surface area contributed by atoms with E-state index in [1.165, 1.54) is 17.0 Å². The van der Waals surface area contributed by atoms with Crippen LogP contribution in [0.4, 0.5) is 4.39 Å². The Morgan fingerprint density at radius 2 is 1.89 bits per heavy atom. The van der Waals surface area contributed by atoms with Crippen molar-refractivity contribution in [2.75, 3.05) is 39.8 Å². The van der Waals surface area contributed by atoms with Crippen LogP contribution in [-0.4, -0.2) is 55.5 Å². The maximum Gasteiger partial charge on any atom is 0.227 e. The summed E-state index contributed by atoms with van der Waals surface area (Å²) in [5.74, 6) is -0.510. The van der Waals surface area contributed by atoms with E-state index in [4.69, 9.17) is 0 Å². The van der Waals surface area contributed by atoms with Crippen molar-refractivity contribution in [3.05, 3.63) is 58.0 Å². The number of carbonyl (C=O) groups excluding carboxylic acids is 1. The zero-order valence-electron chi connectivity index (χ0n) is 16.0. The predicted molar refractivity (Wildman–Crippen MR) is 109 cm³/mol. The van der Waals surface area contributed by atoms with Crippen molar-refractivity contribution in [2.24, 2.45) is 0 Å². The fourth-order valence-corrected chi connectivity index (χ4v) is 4.47. The number of piperazine rings is 1. The Labute approximate surface area is 165 Å². The highest BCUT2D eigenvalue weighted by Crippen LogP contribution is 2.26. The van der Waals surface area contributed by atoms with Crippen LogP contribution in [0.15, 0.2) is 41.8 Å². The fraction of sp³-hybridized carbons (Fsp3) is 0.476. The number of hydrogen-bond acceptors (Lipinski definition) is 4. The lowest BCUT2D eigenvalue weighted by Gasteiger charge is -2.37. The van der Waals surface area contributed by atoms with E-state index in [2.05, 4.69) is 39.7 Å². The third-order valence-electron chi connectivity index (χ3n) is 5.32. The molecule has 1 saturated heterocycles. The van der Waals surface area contributed by atoms with Gasteiger partial charge in [0.25, 0.3) is 0 Å². The fourth-order valence-electron chi connectivity index (χ4n) is 3.61. The summed E-state index contributed by atoms with van der Waals surface area (Å²) in [6.45, 7) is 6.69. The van der Waals surface area contributed by atoms with Crippen LogP contribution in [-0.2, 0) is 4.79 Å². The van der Waals surface area contributed by atoms with Crippen molar-refractivity contribution >= 4 is 17.2 Å². The van der Waals surface area contributed by atoms with E-state index in [9.17, 15) is 9.18 Å². The molecular weight excluding hydrogens is 361 g/mol. The molecule has 0 radical (unpaired) electrons. The molecule has 2 unspecified atom stereocenters. The Morgan fingerprint density at radius 3 is 2.48 bits per heavy atom. The molecular formula is C21H28FN3OS. The molecule has 2 atom stereocenters. The first-order valence-electron chi connectivity index (χ1n) is 9.57. The average Bonchev–Trinajstić information content (AvgIpc) is 3.20. The van der Waals surface area contributed by atoms with Gasteiger partial charge in [-0.2, -0.15) is 0 Å². The number of rotatable bonds is 7. The molecule has 0 aliphatic carbocycles. The highest BCUT2D eigenvalue weighted by atomic mass is 32.1. The summed E-state index contributed by atoms with van der Waals surface area (Å²) < 4.78 is 13.2. The van der Waals surface area contributed by atoms with Gasteiger partial charge in [-0.1, -0.05) is 25.1 Å². The lowest BCUT2D eigenvalue weighted by atomic mass is 9.95. The highest BCUT2D eigenvalue weighted by molar-refractivity contribution is 7.10. The molecule has 146 valence electrons. The molecule has 1 aliphatic rings. The predicted octanol–water partition coefficient (Wildman–Crippen LogP) is 3.49. The maximum absolute atomic E-state index is 13.2. The van der Waals surface area contributed by atoms with Crippen LogP contribution in [0.1, 0.15) is 35.7 Å². The van der Waals surface area contributed by atoms with Crippen molar-refractivity contribution in [2.45, 2.75) is 25.3 Å². The van der Waals surface area contributed by atoms with E-state index in [0.29, 0.717) is 13.0 Å². The van der Waals surface area contributed by atoms with Crippen LogP contribution in [0.2, 0.25) is 0 Å². The molecule has 4 nitrogen and oxygen atoms in total. The van der Waals surface area contributed by atoms with Gasteiger partial charge >= 0.3 is 0 Å². The zero-order chi connectivity index (χ0) is 19.2. The Bertz CT molecular complexity index is 712. The van der Waals surface area contributed by atoms with Crippen molar-refractivity contribution in [3.63, 3.8) is 0 Å². The first-order chi connectivity index (χ1) is 13.1. The van der Waals surface area contributed by atoms with Gasteiger partial charge in [0.05, 0.1) is 12.0 Å². The molecule has 1 aromatic carbocycles. The number of amides is 1. The van der Waals surface area contributed by atoms with Crippen LogP contribution in [0, 0.1) is 5.82 Å². The highest BCUT2D eigenvalue weighted by Gasteiger charge is 2.26.